The van der Waals surface area contributed by atoms with E-state index in [0.717, 1.165) is 104 Å². The molecule has 4 aromatic rings. The average molecular weight is 683 g/mol. The summed E-state index contributed by atoms with van der Waals surface area (Å²) in [6, 6.07) is 8.14. The largest absolute Gasteiger partial charge is 0.370 e. The Morgan fingerprint density at radius 1 is 0.882 bits per heavy atom. The van der Waals surface area contributed by atoms with E-state index in [0.29, 0.717) is 24.2 Å². The fraction of sp³-hybridized carbons (Fsp3) is 0.293. The third-order valence-electron chi connectivity index (χ3n) is 9.92. The van der Waals surface area contributed by atoms with E-state index in [1.807, 2.05) is 48.9 Å². The Morgan fingerprint density at radius 3 is 2.20 bits per heavy atom. The lowest BCUT2D eigenvalue weighted by Crippen LogP contribution is -2.25. The molecule has 0 atom stereocenters. The van der Waals surface area contributed by atoms with Crippen LogP contribution in [0.5, 0.6) is 0 Å². The summed E-state index contributed by atoms with van der Waals surface area (Å²) < 4.78 is 4.14. The summed E-state index contributed by atoms with van der Waals surface area (Å²) in [7, 11) is 0. The van der Waals surface area contributed by atoms with Gasteiger partial charge in [-0.1, -0.05) is 38.7 Å². The number of fused-ring (bicyclic) bond motifs is 8. The van der Waals surface area contributed by atoms with Crippen LogP contribution in [0.25, 0.3) is 44.4 Å². The lowest BCUT2D eigenvalue weighted by molar-refractivity contribution is -0.118. The van der Waals surface area contributed by atoms with Gasteiger partial charge in [-0.15, -0.1) is 0 Å². The summed E-state index contributed by atoms with van der Waals surface area (Å²) in [4.78, 5) is 44.1. The number of aromatic nitrogens is 6. The normalized spacial score (nSPS) is 12.8. The van der Waals surface area contributed by atoms with Crippen LogP contribution in [0.15, 0.2) is 68.3 Å². The number of nitrogens with one attached hydrogen (secondary N) is 2. The van der Waals surface area contributed by atoms with E-state index in [1.165, 1.54) is 0 Å². The predicted octanol–water partition coefficient (Wildman–Crippen LogP) is 7.48. The molecular weight excluding hydrogens is 637 g/mol. The number of carbonyl (C=O) groups is 2. The molecule has 0 aliphatic carbocycles. The number of rotatable bonds is 12. The van der Waals surface area contributed by atoms with E-state index in [9.17, 15) is 9.59 Å². The first kappa shape index (κ1) is 35.1. The van der Waals surface area contributed by atoms with Gasteiger partial charge in [-0.3, -0.25) is 9.59 Å². The number of carbonyl (C=O) groups excluding carboxylic acids is 2. The summed E-state index contributed by atoms with van der Waals surface area (Å²) in [6.07, 6.45) is 11.7. The van der Waals surface area contributed by atoms with Crippen LogP contribution in [0.3, 0.4) is 0 Å². The Balaban J connectivity index is 1.69. The number of nitrogens with zero attached hydrogens (tertiary/aromatic N) is 5. The molecule has 6 heterocycles. The minimum Gasteiger partial charge on any atom is -0.370 e. The molecule has 0 spiro atoms. The van der Waals surface area contributed by atoms with Gasteiger partial charge in [0, 0.05) is 66.1 Å². The maximum absolute atomic E-state index is 14.1. The minimum atomic E-state index is -0.386. The molecule has 0 fully saturated rings. The smallest absolute Gasteiger partial charge is 0.253 e. The van der Waals surface area contributed by atoms with Gasteiger partial charge >= 0.3 is 0 Å². The summed E-state index contributed by atoms with van der Waals surface area (Å²) in [5, 5.41) is 3.15. The monoisotopic (exact) mass is 682 g/mol. The second-order valence-electron chi connectivity index (χ2n) is 13.2. The van der Waals surface area contributed by atoms with Gasteiger partial charge in [0.1, 0.15) is 0 Å². The molecule has 262 valence electrons. The van der Waals surface area contributed by atoms with Crippen LogP contribution in [0.2, 0.25) is 0 Å². The van der Waals surface area contributed by atoms with Crippen LogP contribution in [0.1, 0.15) is 89.9 Å². The lowest BCUT2D eigenvalue weighted by Gasteiger charge is -2.08. The van der Waals surface area contributed by atoms with Crippen molar-refractivity contribution in [3.05, 3.63) is 113 Å². The van der Waals surface area contributed by atoms with Crippen molar-refractivity contribution >= 4 is 56.2 Å². The molecule has 0 saturated heterocycles. The fourth-order valence-corrected chi connectivity index (χ4v) is 7.13. The number of primary amides is 1. The number of H-pyrrole nitrogens is 1. The first-order valence-electron chi connectivity index (χ1n) is 17.5. The van der Waals surface area contributed by atoms with Gasteiger partial charge < -0.3 is 25.2 Å². The number of aromatic amines is 1. The van der Waals surface area contributed by atoms with E-state index in [4.69, 9.17) is 15.7 Å². The summed E-state index contributed by atoms with van der Waals surface area (Å²) in [5.41, 5.74) is 19.6. The highest BCUT2D eigenvalue weighted by molar-refractivity contribution is 6.06. The molecule has 2 aliphatic heterocycles. The maximum atomic E-state index is 14.1. The SMILES string of the molecule is C=CC1=C(C)c2cc3c(C)c(CCC)c(cc4[nH]c(cc5nc(cc1n2)C(C)=C5C=C)c(C)c4C(=O)NCCCn1ccnc1)n3CCC(N)=O. The molecule has 10 heteroatoms. The highest BCUT2D eigenvalue weighted by Crippen LogP contribution is 2.36. The molecule has 0 aromatic carbocycles. The molecule has 8 bridgehead atoms. The number of amides is 2. The van der Waals surface area contributed by atoms with E-state index in [1.54, 1.807) is 12.5 Å². The average Bonchev–Trinajstić information content (AvgIpc) is 3.89. The molecule has 4 N–H and O–H groups in total. The molecular formula is C41H46N8O2. The molecule has 51 heavy (non-hydrogen) atoms. The first-order valence-corrected chi connectivity index (χ1v) is 17.5. The number of hydrogen-bond acceptors (Lipinski definition) is 5. The third-order valence-corrected chi connectivity index (χ3v) is 9.92. The van der Waals surface area contributed by atoms with Crippen molar-refractivity contribution in [1.29, 1.82) is 0 Å². The number of hydrogen-bond donors (Lipinski definition) is 3. The number of imidazole rings is 1. The van der Waals surface area contributed by atoms with Gasteiger partial charge in [0.15, 0.2) is 0 Å². The minimum absolute atomic E-state index is 0.159. The van der Waals surface area contributed by atoms with Crippen LogP contribution in [-0.4, -0.2) is 47.4 Å². The number of allylic oxidation sites excluding steroid dienone is 6. The molecule has 0 radical (unpaired) electrons. The van der Waals surface area contributed by atoms with E-state index in [2.05, 4.69) is 65.9 Å². The Hall–Kier alpha value is -5.77. The van der Waals surface area contributed by atoms with Crippen molar-refractivity contribution in [3.63, 3.8) is 0 Å². The second kappa shape index (κ2) is 14.6. The zero-order chi connectivity index (χ0) is 36.4. The second-order valence-corrected chi connectivity index (χ2v) is 13.2. The number of aryl methyl sites for hydroxylation is 5. The summed E-state index contributed by atoms with van der Waals surface area (Å²) in [6.45, 7) is 20.1. The van der Waals surface area contributed by atoms with Crippen molar-refractivity contribution in [1.82, 2.24) is 34.4 Å². The van der Waals surface area contributed by atoms with Crippen LogP contribution < -0.4 is 11.1 Å². The zero-order valence-corrected chi connectivity index (χ0v) is 30.2. The topological polar surface area (TPSA) is 137 Å². The Bertz CT molecular complexity index is 2300. The van der Waals surface area contributed by atoms with Crippen molar-refractivity contribution in [2.75, 3.05) is 6.54 Å². The van der Waals surface area contributed by atoms with E-state index in [-0.39, 0.29) is 18.2 Å². The highest BCUT2D eigenvalue weighted by atomic mass is 16.2. The standard InChI is InChI=1S/C41H46N8O2/c1-8-12-30-26(6)37-21-33-25(5)29(10-3)34(46-33)19-31-24(4)28(9-2)35(45-31)20-32-27(7)40(41(51)44-14-11-16-48-18-15-43-23-48)36(47-32)22-38(30)49(37)17-13-39(42)50/h9-10,15,18-23,47H,2-3,8,11-14,16-17H2,1,4-7H3,(H2,42,50)(H,44,51). The molecule has 0 unspecified atom stereocenters. The Morgan fingerprint density at radius 2 is 1.57 bits per heavy atom. The molecule has 0 saturated carbocycles. The molecule has 4 aromatic heterocycles. The van der Waals surface area contributed by atoms with Crippen LogP contribution in [-0.2, 0) is 24.3 Å². The fourth-order valence-electron chi connectivity index (χ4n) is 7.13. The van der Waals surface area contributed by atoms with E-state index < -0.39 is 0 Å². The Labute approximate surface area is 298 Å². The van der Waals surface area contributed by atoms with Gasteiger partial charge in [0.05, 0.1) is 40.2 Å². The van der Waals surface area contributed by atoms with Crippen molar-refractivity contribution < 1.29 is 9.59 Å². The predicted molar refractivity (Wildman–Crippen MR) is 206 cm³/mol. The lowest BCUT2D eigenvalue weighted by atomic mass is 10.0. The van der Waals surface area contributed by atoms with Crippen molar-refractivity contribution in [2.24, 2.45) is 5.73 Å². The molecule has 6 rings (SSSR count). The first-order chi connectivity index (χ1) is 24.6. The van der Waals surface area contributed by atoms with Gasteiger partial charge in [0.2, 0.25) is 5.91 Å². The van der Waals surface area contributed by atoms with Gasteiger partial charge in [-0.05, 0) is 92.6 Å². The molecule has 2 aliphatic rings. The summed E-state index contributed by atoms with van der Waals surface area (Å²) >= 11 is 0. The van der Waals surface area contributed by atoms with Crippen LogP contribution in [0, 0.1) is 13.8 Å². The van der Waals surface area contributed by atoms with Gasteiger partial charge in [-0.2, -0.15) is 0 Å². The van der Waals surface area contributed by atoms with Crippen LogP contribution >= 0.6 is 0 Å². The van der Waals surface area contributed by atoms with E-state index >= 15 is 0 Å². The number of nitrogens with two attached hydrogens (primary N) is 1. The Kier molecular flexibility index (Phi) is 10.0. The van der Waals surface area contributed by atoms with Crippen LogP contribution in [0.4, 0.5) is 0 Å². The molecule has 2 amide bonds. The highest BCUT2D eigenvalue weighted by Gasteiger charge is 2.22. The maximum Gasteiger partial charge on any atom is 0.253 e. The van der Waals surface area contributed by atoms with Gasteiger partial charge in [0.25, 0.3) is 5.91 Å². The zero-order valence-electron chi connectivity index (χ0n) is 30.2. The quantitative estimate of drug-likeness (QED) is 0.133. The van der Waals surface area contributed by atoms with Gasteiger partial charge in [-0.25, -0.2) is 15.0 Å². The van der Waals surface area contributed by atoms with Crippen molar-refractivity contribution in [3.8, 4) is 0 Å². The summed E-state index contributed by atoms with van der Waals surface area (Å²) in [5.74, 6) is -0.553. The molecule has 10 nitrogen and oxygen atoms in total. The third kappa shape index (κ3) is 6.73. The van der Waals surface area contributed by atoms with Crippen molar-refractivity contribution in [2.45, 2.75) is 73.4 Å².